The molecule has 0 radical (unpaired) electrons. The van der Waals surface area contributed by atoms with E-state index in [1.54, 1.807) is 24.3 Å². The predicted molar refractivity (Wildman–Crippen MR) is 145 cm³/mol. The fourth-order valence-electron chi connectivity index (χ4n) is 3.79. The van der Waals surface area contributed by atoms with Gasteiger partial charge in [-0.15, -0.1) is 0 Å². The summed E-state index contributed by atoms with van der Waals surface area (Å²) in [5.74, 6) is 2.30. The van der Waals surface area contributed by atoms with Gasteiger partial charge in [-0.1, -0.05) is 54.6 Å². The van der Waals surface area contributed by atoms with E-state index in [4.69, 9.17) is 20.9 Å². The summed E-state index contributed by atoms with van der Waals surface area (Å²) in [5, 5.41) is 0. The van der Waals surface area contributed by atoms with Crippen LogP contribution in [0.4, 0.5) is 11.4 Å². The van der Waals surface area contributed by atoms with Crippen molar-refractivity contribution in [3.05, 3.63) is 121 Å². The Morgan fingerprint density at radius 3 is 2.03 bits per heavy atom. The first-order valence-corrected chi connectivity index (χ1v) is 12.5. The zero-order valence-electron chi connectivity index (χ0n) is 19.3. The van der Waals surface area contributed by atoms with Crippen molar-refractivity contribution >= 4 is 22.2 Å². The Morgan fingerprint density at radius 2 is 1.25 bits per heavy atom. The highest BCUT2D eigenvalue weighted by Crippen LogP contribution is 2.43. The summed E-state index contributed by atoms with van der Waals surface area (Å²) in [6.45, 7) is 0. The fraction of sp³-hybridized carbons (Fsp3) is 0. The average molecular weight is 493 g/mol. The van der Waals surface area contributed by atoms with E-state index in [-0.39, 0.29) is 0 Å². The van der Waals surface area contributed by atoms with E-state index >= 15 is 0 Å². The highest BCUT2D eigenvalue weighted by Gasteiger charge is 2.21. The number of rotatable bonds is 7. The van der Waals surface area contributed by atoms with Crippen LogP contribution < -0.4 is 20.9 Å². The molecule has 0 aliphatic carbocycles. The van der Waals surface area contributed by atoms with E-state index in [1.165, 1.54) is 0 Å². The van der Waals surface area contributed by atoms with Crippen LogP contribution in [0.3, 0.4) is 0 Å². The molecule has 36 heavy (non-hydrogen) atoms. The zero-order chi connectivity index (χ0) is 24.9. The Morgan fingerprint density at radius 1 is 0.556 bits per heavy atom. The van der Waals surface area contributed by atoms with E-state index < -0.39 is 10.8 Å². The van der Waals surface area contributed by atoms with Crippen molar-refractivity contribution in [2.45, 2.75) is 9.79 Å². The highest BCUT2D eigenvalue weighted by atomic mass is 32.2. The van der Waals surface area contributed by atoms with Gasteiger partial charge in [-0.25, -0.2) is 4.21 Å². The van der Waals surface area contributed by atoms with Crippen LogP contribution >= 0.6 is 0 Å². The summed E-state index contributed by atoms with van der Waals surface area (Å²) < 4.78 is 26.3. The Kier molecular flexibility index (Phi) is 6.69. The van der Waals surface area contributed by atoms with Gasteiger partial charge in [-0.2, -0.15) is 0 Å². The zero-order valence-corrected chi connectivity index (χ0v) is 20.2. The van der Waals surface area contributed by atoms with Crippen LogP contribution in [-0.4, -0.2) is 4.21 Å². The SMILES string of the molecule is Nc1ccc(Oc2ccccc2-c2cccc(S(=O)c3ccccc3)c2Oc2cccc(N)c2)cc1. The van der Waals surface area contributed by atoms with Crippen LogP contribution in [0.1, 0.15) is 0 Å². The quantitative estimate of drug-likeness (QED) is 0.233. The van der Waals surface area contributed by atoms with Crippen LogP contribution in [0.25, 0.3) is 11.1 Å². The summed E-state index contributed by atoms with van der Waals surface area (Å²) in [6.07, 6.45) is 0. The summed E-state index contributed by atoms with van der Waals surface area (Å²) >= 11 is 0. The third-order valence-electron chi connectivity index (χ3n) is 5.50. The standard InChI is InChI=1S/C30H24N2O3S/c31-21-16-18-23(19-17-21)34-28-14-5-4-12-26(28)27-13-7-15-29(36(33)25-10-2-1-3-11-25)30(27)35-24-9-6-8-22(32)20-24/h1-20H,31-32H2. The number of ether oxygens (including phenoxy) is 2. The van der Waals surface area contributed by atoms with Gasteiger partial charge in [0.2, 0.25) is 0 Å². The summed E-state index contributed by atoms with van der Waals surface area (Å²) in [7, 11) is -1.48. The number of nitrogens with two attached hydrogens (primary N) is 2. The van der Waals surface area contributed by atoms with Gasteiger partial charge in [0.25, 0.3) is 0 Å². The summed E-state index contributed by atoms with van der Waals surface area (Å²) in [4.78, 5) is 1.22. The van der Waals surface area contributed by atoms with E-state index in [0.717, 1.165) is 11.1 Å². The summed E-state index contributed by atoms with van der Waals surface area (Å²) in [5.41, 5.74) is 14.6. The minimum absolute atomic E-state index is 0.471. The highest BCUT2D eigenvalue weighted by molar-refractivity contribution is 7.85. The molecule has 5 aromatic rings. The van der Waals surface area contributed by atoms with Crippen LogP contribution in [-0.2, 0) is 10.8 Å². The molecular weight excluding hydrogens is 468 g/mol. The van der Waals surface area contributed by atoms with Crippen LogP contribution in [0.15, 0.2) is 131 Å². The van der Waals surface area contributed by atoms with Gasteiger partial charge >= 0.3 is 0 Å². The molecule has 1 atom stereocenters. The number of hydrogen-bond donors (Lipinski definition) is 2. The van der Waals surface area contributed by atoms with Gasteiger partial charge in [0.1, 0.15) is 17.2 Å². The van der Waals surface area contributed by atoms with Crippen LogP contribution in [0.5, 0.6) is 23.0 Å². The molecule has 0 spiro atoms. The monoisotopic (exact) mass is 492 g/mol. The molecule has 0 saturated carbocycles. The number of benzene rings is 5. The van der Waals surface area contributed by atoms with Crippen molar-refractivity contribution in [1.29, 1.82) is 0 Å². The van der Waals surface area contributed by atoms with Crippen molar-refractivity contribution < 1.29 is 13.7 Å². The lowest BCUT2D eigenvalue weighted by Gasteiger charge is -2.18. The molecule has 0 saturated heterocycles. The van der Waals surface area contributed by atoms with Crippen molar-refractivity contribution in [1.82, 2.24) is 0 Å². The second kappa shape index (κ2) is 10.4. The molecule has 0 aliphatic rings. The minimum atomic E-state index is -1.48. The largest absolute Gasteiger partial charge is 0.457 e. The molecule has 0 aromatic heterocycles. The molecule has 4 N–H and O–H groups in total. The van der Waals surface area contributed by atoms with E-state index in [2.05, 4.69) is 0 Å². The molecule has 5 aromatic carbocycles. The normalized spacial score (nSPS) is 11.6. The first-order valence-electron chi connectivity index (χ1n) is 11.3. The summed E-state index contributed by atoms with van der Waals surface area (Å²) in [6, 6.07) is 37.0. The van der Waals surface area contributed by atoms with Crippen molar-refractivity contribution in [3.8, 4) is 34.1 Å². The lowest BCUT2D eigenvalue weighted by Crippen LogP contribution is -2.00. The topological polar surface area (TPSA) is 87.6 Å². The van der Waals surface area contributed by atoms with Crippen LogP contribution in [0, 0.1) is 0 Å². The Labute approximate surface area is 212 Å². The molecule has 178 valence electrons. The molecule has 0 aliphatic heterocycles. The third-order valence-corrected chi connectivity index (χ3v) is 6.92. The molecule has 0 amide bonds. The van der Waals surface area contributed by atoms with Crippen molar-refractivity contribution in [2.24, 2.45) is 0 Å². The number of nitrogen functional groups attached to an aromatic ring is 2. The van der Waals surface area contributed by atoms with Gasteiger partial charge in [0, 0.05) is 33.5 Å². The Bertz CT molecular complexity index is 1520. The Balaban J connectivity index is 1.65. The van der Waals surface area contributed by atoms with Gasteiger partial charge in [0.05, 0.1) is 15.7 Å². The van der Waals surface area contributed by atoms with Gasteiger partial charge in [-0.3, -0.25) is 0 Å². The first-order chi connectivity index (χ1) is 17.6. The average Bonchev–Trinajstić information content (AvgIpc) is 2.91. The number of anilines is 2. The lowest BCUT2D eigenvalue weighted by atomic mass is 10.0. The first kappa shape index (κ1) is 23.2. The molecule has 5 nitrogen and oxygen atoms in total. The van der Waals surface area contributed by atoms with E-state index in [1.807, 2.05) is 97.1 Å². The van der Waals surface area contributed by atoms with Crippen LogP contribution in [0.2, 0.25) is 0 Å². The third kappa shape index (κ3) is 5.09. The van der Waals surface area contributed by atoms with Crippen molar-refractivity contribution in [3.63, 3.8) is 0 Å². The molecule has 0 fully saturated rings. The fourth-order valence-corrected chi connectivity index (χ4v) is 4.97. The van der Waals surface area contributed by atoms with Gasteiger partial charge in [0.15, 0.2) is 5.75 Å². The second-order valence-corrected chi connectivity index (χ2v) is 9.51. The number of hydrogen-bond acceptors (Lipinski definition) is 5. The second-order valence-electron chi connectivity index (χ2n) is 8.06. The molecular formula is C30H24N2O3S. The van der Waals surface area contributed by atoms with E-state index in [0.29, 0.717) is 44.2 Å². The lowest BCUT2D eigenvalue weighted by molar-refractivity contribution is 0.468. The smallest absolute Gasteiger partial charge is 0.151 e. The maximum absolute atomic E-state index is 13.7. The number of para-hydroxylation sites is 2. The maximum Gasteiger partial charge on any atom is 0.151 e. The minimum Gasteiger partial charge on any atom is -0.457 e. The van der Waals surface area contributed by atoms with Gasteiger partial charge < -0.3 is 20.9 Å². The van der Waals surface area contributed by atoms with Gasteiger partial charge in [-0.05, 0) is 60.7 Å². The maximum atomic E-state index is 13.7. The predicted octanol–water partition coefficient (Wildman–Crippen LogP) is 7.27. The molecule has 0 heterocycles. The Hall–Kier alpha value is -4.55. The van der Waals surface area contributed by atoms with Crippen molar-refractivity contribution in [2.75, 3.05) is 11.5 Å². The molecule has 6 heteroatoms. The van der Waals surface area contributed by atoms with E-state index in [9.17, 15) is 4.21 Å². The molecule has 5 rings (SSSR count). The molecule has 0 bridgehead atoms. The molecule has 1 unspecified atom stereocenters.